The lowest BCUT2D eigenvalue weighted by Gasteiger charge is -2.44. The fraction of sp³-hybridized carbons (Fsp3) is 0.442. The van der Waals surface area contributed by atoms with E-state index in [1.807, 2.05) is 6.92 Å². The Morgan fingerprint density at radius 1 is 0.932 bits per heavy atom. The van der Waals surface area contributed by atoms with E-state index >= 15 is 4.39 Å². The maximum absolute atomic E-state index is 15.4. The van der Waals surface area contributed by atoms with Crippen LogP contribution >= 0.6 is 0 Å². The minimum absolute atomic E-state index is 0.0241. The van der Waals surface area contributed by atoms with Crippen LogP contribution in [-0.2, 0) is 74.6 Å². The molecule has 386 valence electrons. The van der Waals surface area contributed by atoms with Crippen molar-refractivity contribution < 1.29 is 52.5 Å². The van der Waals surface area contributed by atoms with Crippen molar-refractivity contribution in [1.29, 1.82) is 0 Å². The number of ether oxygens (including phenoxy) is 2. The zero-order valence-electron chi connectivity index (χ0n) is 41.0. The van der Waals surface area contributed by atoms with Crippen LogP contribution in [0.3, 0.4) is 0 Å². The number of nitrogens with one attached hydrogen (secondary N) is 7. The first-order valence-corrected chi connectivity index (χ1v) is 24.5. The molecule has 0 bridgehead atoms. The van der Waals surface area contributed by atoms with Gasteiger partial charge in [0.25, 0.3) is 5.56 Å². The molecule has 4 aromatic rings. The highest BCUT2D eigenvalue weighted by molar-refractivity contribution is 5.94. The Morgan fingerprint density at radius 3 is 2.44 bits per heavy atom. The van der Waals surface area contributed by atoms with Gasteiger partial charge in [-0.2, -0.15) is 0 Å². The van der Waals surface area contributed by atoms with E-state index < -0.39 is 66.3 Å². The summed E-state index contributed by atoms with van der Waals surface area (Å²) in [5.74, 6) is -3.18. The van der Waals surface area contributed by atoms with Crippen LogP contribution in [0.25, 0.3) is 22.3 Å². The zero-order valence-corrected chi connectivity index (χ0v) is 41.0. The average molecular weight is 1010 g/mol. The number of aromatic nitrogens is 2. The number of carbonyl (C=O) groups excluding carboxylic acids is 7. The molecule has 4 heterocycles. The number of hydrogen-bond acceptors (Lipinski definition) is 12. The Balaban J connectivity index is 0.824. The van der Waals surface area contributed by atoms with Crippen molar-refractivity contribution in [2.75, 3.05) is 32.9 Å². The molecule has 73 heavy (non-hydrogen) atoms. The molecule has 8 rings (SSSR count). The smallest absolute Gasteiger partial charge is 0.258 e. The second kappa shape index (κ2) is 22.5. The largest absolute Gasteiger partial charge is 0.490 e. The molecule has 2 aliphatic heterocycles. The van der Waals surface area contributed by atoms with E-state index in [0.717, 1.165) is 46.1 Å². The van der Waals surface area contributed by atoms with Crippen LogP contribution < -0.4 is 42.8 Å². The molecule has 4 aliphatic rings. The van der Waals surface area contributed by atoms with Gasteiger partial charge in [-0.25, -0.2) is 9.37 Å². The molecule has 7 amide bonds. The zero-order chi connectivity index (χ0) is 52.0. The lowest BCUT2D eigenvalue weighted by Crippen LogP contribution is -2.52. The van der Waals surface area contributed by atoms with E-state index in [1.165, 1.54) is 6.07 Å². The molecule has 1 unspecified atom stereocenters. The SMILES string of the molecule is CC1=C2OCc3c(cc4n(c3=O)Cc3c-4nc4cc(F)c(C)c5c4c3[C@@H](NC(=O)CC(C)OCNC(=O)CNC(=O)[C@H](Cc3ccccc3)NC(=O)CNC(=O)CNC(=O)CCCCCNC=O)CC5)[C@@]2(O)C1. The van der Waals surface area contributed by atoms with Crippen molar-refractivity contribution in [3.63, 3.8) is 0 Å². The van der Waals surface area contributed by atoms with Crippen LogP contribution in [0, 0.1) is 12.7 Å². The summed E-state index contributed by atoms with van der Waals surface area (Å²) in [6.45, 7) is 4.39. The highest BCUT2D eigenvalue weighted by atomic mass is 19.1. The Hall–Kier alpha value is -7.52. The van der Waals surface area contributed by atoms with Gasteiger partial charge in [-0.3, -0.25) is 38.4 Å². The summed E-state index contributed by atoms with van der Waals surface area (Å²) in [6.07, 6.45) is 3.40. The number of aryl methyl sites for hydroxylation is 1. The number of hydrogen-bond donors (Lipinski definition) is 8. The van der Waals surface area contributed by atoms with Crippen LogP contribution in [0.5, 0.6) is 0 Å². The number of halogens is 1. The molecule has 4 atom stereocenters. The van der Waals surface area contributed by atoms with Crippen LogP contribution in [0.4, 0.5) is 4.39 Å². The highest BCUT2D eigenvalue weighted by Crippen LogP contribution is 2.52. The fourth-order valence-electron chi connectivity index (χ4n) is 10.1. The Kier molecular flexibility index (Phi) is 16.0. The molecule has 2 aromatic heterocycles. The molecule has 8 N–H and O–H groups in total. The monoisotopic (exact) mass is 1010 g/mol. The quantitative estimate of drug-likeness (QED) is 0.0264. The number of pyridine rings is 2. The van der Waals surface area contributed by atoms with Gasteiger partial charge in [0, 0.05) is 48.4 Å². The number of amides is 7. The van der Waals surface area contributed by atoms with Crippen molar-refractivity contribution in [3.05, 3.63) is 109 Å². The van der Waals surface area contributed by atoms with Crippen molar-refractivity contribution in [2.24, 2.45) is 0 Å². The summed E-state index contributed by atoms with van der Waals surface area (Å²) in [5, 5.41) is 30.6. The number of aliphatic hydroxyl groups is 1. The summed E-state index contributed by atoms with van der Waals surface area (Å²) < 4.78 is 28.6. The average Bonchev–Trinajstić information content (AvgIpc) is 3.73. The summed E-state index contributed by atoms with van der Waals surface area (Å²) in [4.78, 5) is 107. The van der Waals surface area contributed by atoms with E-state index in [1.54, 1.807) is 54.8 Å². The normalized spacial score (nSPS) is 17.5. The first-order valence-electron chi connectivity index (χ1n) is 24.5. The summed E-state index contributed by atoms with van der Waals surface area (Å²) in [7, 11) is 0. The lowest BCUT2D eigenvalue weighted by molar-refractivity contribution is -0.131. The Labute approximate surface area is 419 Å². The fourth-order valence-corrected chi connectivity index (χ4v) is 10.1. The molecule has 2 aromatic carbocycles. The summed E-state index contributed by atoms with van der Waals surface area (Å²) in [5.41, 5.74) is 4.95. The van der Waals surface area contributed by atoms with Gasteiger partial charge >= 0.3 is 0 Å². The van der Waals surface area contributed by atoms with E-state index in [9.17, 15) is 43.5 Å². The van der Waals surface area contributed by atoms with Gasteiger partial charge in [0.1, 0.15) is 31.0 Å². The van der Waals surface area contributed by atoms with Crippen LogP contribution in [0.2, 0.25) is 0 Å². The van der Waals surface area contributed by atoms with Crippen molar-refractivity contribution in [1.82, 2.24) is 46.8 Å². The number of unbranched alkanes of at least 4 members (excludes halogenated alkanes) is 2. The third-order valence-electron chi connectivity index (χ3n) is 13.8. The predicted octanol–water partition coefficient (Wildman–Crippen LogP) is 1.62. The van der Waals surface area contributed by atoms with Gasteiger partial charge in [0.05, 0.1) is 67.2 Å². The molecular weight excluding hydrogens is 946 g/mol. The number of rotatable bonds is 23. The van der Waals surface area contributed by atoms with E-state index in [4.69, 9.17) is 14.5 Å². The molecular formula is C52H60FN9O11. The van der Waals surface area contributed by atoms with Crippen molar-refractivity contribution in [3.8, 4) is 11.4 Å². The van der Waals surface area contributed by atoms with Gasteiger partial charge in [0.15, 0.2) is 5.60 Å². The second-order valence-electron chi connectivity index (χ2n) is 19.0. The predicted molar refractivity (Wildman–Crippen MR) is 262 cm³/mol. The van der Waals surface area contributed by atoms with Crippen LogP contribution in [0.1, 0.15) is 104 Å². The molecule has 21 heteroatoms. The third-order valence-corrected chi connectivity index (χ3v) is 13.8. The minimum Gasteiger partial charge on any atom is -0.490 e. The summed E-state index contributed by atoms with van der Waals surface area (Å²) in [6, 6.07) is 10.4. The topological polar surface area (TPSA) is 277 Å². The molecule has 0 fully saturated rings. The van der Waals surface area contributed by atoms with Gasteiger partial charge in [0.2, 0.25) is 41.9 Å². The van der Waals surface area contributed by atoms with Crippen LogP contribution in [0.15, 0.2) is 58.6 Å². The number of fused-ring (bicyclic) bond motifs is 7. The van der Waals surface area contributed by atoms with Crippen molar-refractivity contribution in [2.45, 2.75) is 115 Å². The van der Waals surface area contributed by atoms with E-state index in [2.05, 4.69) is 37.2 Å². The summed E-state index contributed by atoms with van der Waals surface area (Å²) >= 11 is 0. The highest BCUT2D eigenvalue weighted by Gasteiger charge is 2.51. The maximum atomic E-state index is 15.4. The molecule has 0 spiro atoms. The molecule has 0 saturated heterocycles. The first kappa shape index (κ1) is 51.8. The number of benzene rings is 2. The number of nitrogens with zero attached hydrogens (tertiary/aromatic N) is 2. The maximum Gasteiger partial charge on any atom is 0.258 e. The van der Waals surface area contributed by atoms with Gasteiger partial charge in [-0.15, -0.1) is 0 Å². The Morgan fingerprint density at radius 2 is 1.67 bits per heavy atom. The standard InChI is InChI=1S/C52H60FN9O11/c1-28-20-52(71)35-18-40-48-33(24-62(40)51(70)34(35)25-72-49(28)52)47-37(14-13-32-30(3)36(53)19-38(61-48)46(32)47)59-42(65)16-29(2)73-27-58-44(67)22-57-50(69)39(17-31-10-6-4-7-11-31)60-45(68)23-56-43(66)21-55-41(64)12-8-5-9-15-54-26-63/h4,6-7,10-11,18-19,26,29,37,39,71H,5,8-9,12-17,20-25,27H2,1-3H3,(H,54,63)(H,55,64)(H,56,66)(H,57,69)(H,58,67)(H,59,65)(H,60,68)/t29?,37-,39-,52-/m0/s1. The molecule has 0 radical (unpaired) electrons. The van der Waals surface area contributed by atoms with E-state index in [0.29, 0.717) is 78.0 Å². The van der Waals surface area contributed by atoms with Gasteiger partial charge in [-0.1, -0.05) is 36.8 Å². The first-order chi connectivity index (χ1) is 35.1. The minimum atomic E-state index is -1.41. The van der Waals surface area contributed by atoms with Gasteiger partial charge < -0.3 is 56.4 Å². The van der Waals surface area contributed by atoms with Crippen LogP contribution in [-0.4, -0.2) is 102 Å². The number of carbonyl (C=O) groups is 7. The van der Waals surface area contributed by atoms with Crippen molar-refractivity contribution >= 4 is 52.8 Å². The lowest BCUT2D eigenvalue weighted by atomic mass is 9.72. The molecule has 0 saturated carbocycles. The second-order valence-corrected chi connectivity index (χ2v) is 19.0. The van der Waals surface area contributed by atoms with E-state index in [-0.39, 0.29) is 63.1 Å². The molecule has 20 nitrogen and oxygen atoms in total. The third kappa shape index (κ3) is 11.4. The molecule has 2 aliphatic carbocycles. The Bertz CT molecular complexity index is 2960. The van der Waals surface area contributed by atoms with Gasteiger partial charge in [-0.05, 0) is 80.3 Å².